The van der Waals surface area contributed by atoms with E-state index >= 15 is 0 Å². The van der Waals surface area contributed by atoms with Crippen LogP contribution < -0.4 is 5.63 Å². The maximum absolute atomic E-state index is 11.6. The van der Waals surface area contributed by atoms with Gasteiger partial charge in [-0.15, -0.1) is 11.8 Å². The number of halogens is 2. The largest absolute Gasteiger partial charge is 0.506 e. The van der Waals surface area contributed by atoms with Gasteiger partial charge in [0, 0.05) is 11.8 Å². The van der Waals surface area contributed by atoms with E-state index in [-0.39, 0.29) is 10.6 Å². The molecule has 2 aromatic rings. The number of benzene rings is 1. The predicted molar refractivity (Wildman–Crippen MR) is 77.4 cm³/mol. The van der Waals surface area contributed by atoms with Gasteiger partial charge in [0.1, 0.15) is 16.4 Å². The fraction of sp³-hybridized carbons (Fsp3) is 0.154. The predicted octanol–water partition coefficient (Wildman–Crippen LogP) is 4.25. The third-order valence-electron chi connectivity index (χ3n) is 2.38. The number of thioether (sulfide) groups is 1. The Morgan fingerprint density at radius 3 is 2.63 bits per heavy atom. The highest BCUT2D eigenvalue weighted by atomic mass is 35.5. The van der Waals surface area contributed by atoms with Gasteiger partial charge in [-0.25, -0.2) is 4.79 Å². The summed E-state index contributed by atoms with van der Waals surface area (Å²) in [6, 6.07) is 6.65. The zero-order valence-corrected chi connectivity index (χ0v) is 12.3. The highest BCUT2D eigenvalue weighted by molar-refractivity contribution is 7.98. The number of rotatable bonds is 3. The van der Waals surface area contributed by atoms with Crippen LogP contribution in [0.25, 0.3) is 0 Å². The fourth-order valence-corrected chi connectivity index (χ4v) is 2.68. The zero-order valence-electron chi connectivity index (χ0n) is 9.94. The van der Waals surface area contributed by atoms with E-state index in [1.165, 1.54) is 17.8 Å². The van der Waals surface area contributed by atoms with Gasteiger partial charge >= 0.3 is 5.63 Å². The molecule has 0 unspecified atom stereocenters. The van der Waals surface area contributed by atoms with Crippen LogP contribution in [0, 0.1) is 6.92 Å². The molecule has 1 aromatic heterocycles. The topological polar surface area (TPSA) is 50.4 Å². The lowest BCUT2D eigenvalue weighted by Gasteiger charge is -2.05. The van der Waals surface area contributed by atoms with Crippen molar-refractivity contribution in [3.63, 3.8) is 0 Å². The minimum atomic E-state index is -0.539. The summed E-state index contributed by atoms with van der Waals surface area (Å²) in [6.07, 6.45) is 0. The Morgan fingerprint density at radius 1 is 1.26 bits per heavy atom. The molecule has 0 saturated carbocycles. The van der Waals surface area contributed by atoms with Crippen LogP contribution in [-0.4, -0.2) is 5.11 Å². The lowest BCUT2D eigenvalue weighted by molar-refractivity contribution is 0.412. The second kappa shape index (κ2) is 5.90. The van der Waals surface area contributed by atoms with Crippen molar-refractivity contribution in [2.24, 2.45) is 0 Å². The summed E-state index contributed by atoms with van der Waals surface area (Å²) >= 11 is 12.9. The molecule has 19 heavy (non-hydrogen) atoms. The van der Waals surface area contributed by atoms with E-state index in [0.29, 0.717) is 21.6 Å². The van der Waals surface area contributed by atoms with Gasteiger partial charge in [0.2, 0.25) is 0 Å². The summed E-state index contributed by atoms with van der Waals surface area (Å²) in [6.45, 7) is 1.61. The van der Waals surface area contributed by atoms with Crippen molar-refractivity contribution in [2.75, 3.05) is 0 Å². The molecule has 2 rings (SSSR count). The first-order chi connectivity index (χ1) is 8.97. The molecule has 0 spiro atoms. The highest BCUT2D eigenvalue weighted by Gasteiger charge is 2.11. The lowest BCUT2D eigenvalue weighted by atomic mass is 10.2. The van der Waals surface area contributed by atoms with Crippen molar-refractivity contribution in [2.45, 2.75) is 17.6 Å². The number of aromatic hydroxyl groups is 1. The molecule has 0 aliphatic rings. The van der Waals surface area contributed by atoms with Crippen LogP contribution in [0.2, 0.25) is 10.0 Å². The van der Waals surface area contributed by atoms with Gasteiger partial charge in [-0.05, 0) is 24.6 Å². The summed E-state index contributed by atoms with van der Waals surface area (Å²) < 4.78 is 4.94. The summed E-state index contributed by atoms with van der Waals surface area (Å²) in [5.41, 5.74) is 0.362. The number of hydrogen-bond acceptors (Lipinski definition) is 4. The molecule has 3 nitrogen and oxygen atoms in total. The van der Waals surface area contributed by atoms with Gasteiger partial charge in [0.05, 0.1) is 10.0 Å². The van der Waals surface area contributed by atoms with Gasteiger partial charge in [-0.1, -0.05) is 29.3 Å². The molecule has 0 bridgehead atoms. The van der Waals surface area contributed by atoms with Gasteiger partial charge in [0.25, 0.3) is 0 Å². The van der Waals surface area contributed by atoms with E-state index in [0.717, 1.165) is 5.56 Å². The van der Waals surface area contributed by atoms with Crippen LogP contribution in [0.1, 0.15) is 11.3 Å². The standard InChI is InChI=1S/C13H10Cl2O3S/c1-7-4-11(16)12(13(17)18-7)19-6-8-2-3-9(14)10(15)5-8/h2-5,16H,6H2,1H3. The Bertz CT molecular complexity index is 667. The fourth-order valence-electron chi connectivity index (χ4n) is 1.50. The average Bonchev–Trinajstić information content (AvgIpc) is 2.32. The zero-order chi connectivity index (χ0) is 14.0. The van der Waals surface area contributed by atoms with Crippen LogP contribution >= 0.6 is 35.0 Å². The van der Waals surface area contributed by atoms with Crippen molar-refractivity contribution in [3.8, 4) is 5.75 Å². The Balaban J connectivity index is 2.19. The van der Waals surface area contributed by atoms with Crippen molar-refractivity contribution >= 4 is 35.0 Å². The van der Waals surface area contributed by atoms with Crippen LogP contribution in [0.15, 0.2) is 38.4 Å². The van der Waals surface area contributed by atoms with Crippen molar-refractivity contribution < 1.29 is 9.52 Å². The van der Waals surface area contributed by atoms with Gasteiger partial charge in [-0.2, -0.15) is 0 Å². The van der Waals surface area contributed by atoms with E-state index in [4.69, 9.17) is 27.6 Å². The first kappa shape index (κ1) is 14.3. The van der Waals surface area contributed by atoms with Crippen molar-refractivity contribution in [1.82, 2.24) is 0 Å². The van der Waals surface area contributed by atoms with Gasteiger partial charge < -0.3 is 9.52 Å². The number of aryl methyl sites for hydroxylation is 1. The summed E-state index contributed by atoms with van der Waals surface area (Å²) in [5.74, 6) is 0.790. The Kier molecular flexibility index (Phi) is 4.45. The molecule has 100 valence electrons. The molecule has 0 radical (unpaired) electrons. The molecule has 0 amide bonds. The quantitative estimate of drug-likeness (QED) is 0.860. The van der Waals surface area contributed by atoms with E-state index in [9.17, 15) is 9.90 Å². The maximum atomic E-state index is 11.6. The van der Waals surface area contributed by atoms with E-state index < -0.39 is 5.63 Å². The summed E-state index contributed by atoms with van der Waals surface area (Å²) in [4.78, 5) is 11.8. The Morgan fingerprint density at radius 2 is 2.00 bits per heavy atom. The van der Waals surface area contributed by atoms with Crippen LogP contribution in [-0.2, 0) is 5.75 Å². The first-order valence-electron chi connectivity index (χ1n) is 5.38. The SMILES string of the molecule is Cc1cc(O)c(SCc2ccc(Cl)c(Cl)c2)c(=O)o1. The minimum absolute atomic E-state index is 0.0705. The van der Waals surface area contributed by atoms with Crippen molar-refractivity contribution in [1.29, 1.82) is 0 Å². The van der Waals surface area contributed by atoms with E-state index in [2.05, 4.69) is 0 Å². The normalized spacial score (nSPS) is 10.7. The second-order valence-electron chi connectivity index (χ2n) is 3.90. The molecule has 0 saturated heterocycles. The smallest absolute Gasteiger partial charge is 0.353 e. The van der Waals surface area contributed by atoms with Crippen LogP contribution in [0.3, 0.4) is 0 Å². The molecule has 0 aliphatic carbocycles. The van der Waals surface area contributed by atoms with E-state index in [1.807, 2.05) is 6.07 Å². The first-order valence-corrected chi connectivity index (χ1v) is 7.12. The number of hydrogen-bond donors (Lipinski definition) is 1. The summed E-state index contributed by atoms with van der Waals surface area (Å²) in [5, 5.41) is 10.7. The molecular weight excluding hydrogens is 307 g/mol. The molecule has 0 aliphatic heterocycles. The molecular formula is C13H10Cl2O3S. The van der Waals surface area contributed by atoms with Gasteiger partial charge in [0.15, 0.2) is 0 Å². The monoisotopic (exact) mass is 316 g/mol. The molecule has 6 heteroatoms. The minimum Gasteiger partial charge on any atom is -0.506 e. The van der Waals surface area contributed by atoms with Crippen LogP contribution in [0.5, 0.6) is 5.75 Å². The highest BCUT2D eigenvalue weighted by Crippen LogP contribution is 2.30. The molecule has 0 fully saturated rings. The molecule has 1 N–H and O–H groups in total. The Hall–Kier alpha value is -1.10. The van der Waals surface area contributed by atoms with Crippen molar-refractivity contribution in [3.05, 3.63) is 56.1 Å². The van der Waals surface area contributed by atoms with E-state index in [1.54, 1.807) is 19.1 Å². The van der Waals surface area contributed by atoms with Crippen LogP contribution in [0.4, 0.5) is 0 Å². The maximum Gasteiger partial charge on any atom is 0.353 e. The molecule has 1 heterocycles. The molecule has 1 aromatic carbocycles. The second-order valence-corrected chi connectivity index (χ2v) is 5.70. The lowest BCUT2D eigenvalue weighted by Crippen LogP contribution is -2.03. The third kappa shape index (κ3) is 3.47. The third-order valence-corrected chi connectivity index (χ3v) is 4.26. The van der Waals surface area contributed by atoms with Gasteiger partial charge in [-0.3, -0.25) is 0 Å². The molecule has 0 atom stereocenters. The average molecular weight is 317 g/mol. The Labute approximate surface area is 124 Å². The summed E-state index contributed by atoms with van der Waals surface area (Å²) in [7, 11) is 0.